The molecular weight excluding hydrogens is 148 g/mol. The molecular formula is C10H10N2. The third-order valence-corrected chi connectivity index (χ3v) is 1.91. The molecule has 1 aliphatic rings. The zero-order valence-corrected chi connectivity index (χ0v) is 6.94. The van der Waals surface area contributed by atoms with Crippen LogP contribution in [0, 0.1) is 0 Å². The quantitative estimate of drug-likeness (QED) is 0.564. The Morgan fingerprint density at radius 1 is 1.25 bits per heavy atom. The Kier molecular flexibility index (Phi) is 1.67. The molecule has 60 valence electrons. The molecule has 1 aromatic carbocycles. The van der Waals surface area contributed by atoms with Gasteiger partial charge in [-0.25, -0.2) is 0 Å². The van der Waals surface area contributed by atoms with Crippen LogP contribution in [0.4, 0.5) is 5.69 Å². The lowest BCUT2D eigenvalue weighted by molar-refractivity contribution is 1.20. The van der Waals surface area contributed by atoms with E-state index in [4.69, 9.17) is 0 Å². The number of benzene rings is 1. The van der Waals surface area contributed by atoms with Crippen molar-refractivity contribution < 1.29 is 0 Å². The van der Waals surface area contributed by atoms with Crippen LogP contribution >= 0.6 is 0 Å². The van der Waals surface area contributed by atoms with Crippen LogP contribution in [0.3, 0.4) is 0 Å². The third-order valence-electron chi connectivity index (χ3n) is 1.91. The molecule has 0 bridgehead atoms. The molecule has 2 heteroatoms. The van der Waals surface area contributed by atoms with Crippen molar-refractivity contribution in [3.8, 4) is 0 Å². The molecule has 0 N–H and O–H groups in total. The molecule has 1 aromatic rings. The minimum atomic E-state index is 1.16. The van der Waals surface area contributed by atoms with Crippen LogP contribution in [0.5, 0.6) is 0 Å². The summed E-state index contributed by atoms with van der Waals surface area (Å²) in [6.07, 6.45) is 5.61. The molecule has 0 radical (unpaired) electrons. The number of para-hydroxylation sites is 1. The monoisotopic (exact) mass is 158 g/mol. The van der Waals surface area contributed by atoms with Crippen LogP contribution in [0.15, 0.2) is 41.7 Å². The van der Waals surface area contributed by atoms with Gasteiger partial charge in [-0.15, -0.1) is 0 Å². The highest BCUT2D eigenvalue weighted by atomic mass is 15.1. The van der Waals surface area contributed by atoms with Crippen LogP contribution in [0.2, 0.25) is 0 Å². The summed E-state index contributed by atoms with van der Waals surface area (Å²) in [5.74, 6) is 0. The number of hydrogen-bond acceptors (Lipinski definition) is 2. The highest BCUT2D eigenvalue weighted by Crippen LogP contribution is 2.18. The molecule has 2 rings (SSSR count). The van der Waals surface area contributed by atoms with E-state index in [2.05, 4.69) is 22.0 Å². The van der Waals surface area contributed by atoms with Crippen molar-refractivity contribution in [3.05, 3.63) is 42.2 Å². The second-order valence-electron chi connectivity index (χ2n) is 2.75. The summed E-state index contributed by atoms with van der Waals surface area (Å²) in [5.41, 5.74) is 2.35. The number of nitrogens with zero attached hydrogens (tertiary/aromatic N) is 2. The summed E-state index contributed by atoms with van der Waals surface area (Å²) in [5, 5.41) is 0. The zero-order valence-electron chi connectivity index (χ0n) is 6.94. The van der Waals surface area contributed by atoms with E-state index < -0.39 is 0 Å². The fraction of sp³-hybridized carbons (Fsp3) is 0.100. The lowest BCUT2D eigenvalue weighted by Gasteiger charge is -2.14. The van der Waals surface area contributed by atoms with Gasteiger partial charge in [-0.2, -0.15) is 0 Å². The van der Waals surface area contributed by atoms with Gasteiger partial charge in [0.25, 0.3) is 0 Å². The van der Waals surface area contributed by atoms with Gasteiger partial charge in [0.05, 0.1) is 0 Å². The van der Waals surface area contributed by atoms with Gasteiger partial charge >= 0.3 is 0 Å². The molecule has 0 fully saturated rings. The van der Waals surface area contributed by atoms with Crippen LogP contribution in [-0.4, -0.2) is 13.3 Å². The minimum absolute atomic E-state index is 1.16. The molecule has 0 aliphatic carbocycles. The number of fused-ring (bicyclic) bond motifs is 1. The highest BCUT2D eigenvalue weighted by molar-refractivity contribution is 5.89. The Morgan fingerprint density at radius 3 is 3.00 bits per heavy atom. The maximum absolute atomic E-state index is 4.12. The van der Waals surface area contributed by atoms with Crippen LogP contribution < -0.4 is 4.90 Å². The minimum Gasteiger partial charge on any atom is -0.349 e. The van der Waals surface area contributed by atoms with Gasteiger partial charge in [0.2, 0.25) is 0 Å². The average Bonchev–Trinajstić information content (AvgIpc) is 2.29. The van der Waals surface area contributed by atoms with Crippen molar-refractivity contribution in [1.29, 1.82) is 0 Å². The molecule has 0 saturated heterocycles. The fourth-order valence-corrected chi connectivity index (χ4v) is 1.26. The van der Waals surface area contributed by atoms with Crippen molar-refractivity contribution in [2.75, 3.05) is 11.9 Å². The van der Waals surface area contributed by atoms with E-state index in [0.29, 0.717) is 0 Å². The molecule has 0 unspecified atom stereocenters. The molecule has 0 amide bonds. The molecule has 1 heterocycles. The van der Waals surface area contributed by atoms with Gasteiger partial charge in [0.1, 0.15) is 0 Å². The predicted molar refractivity (Wildman–Crippen MR) is 51.6 cm³/mol. The highest BCUT2D eigenvalue weighted by Gasteiger charge is 2.03. The smallest absolute Gasteiger partial charge is 0.0493 e. The van der Waals surface area contributed by atoms with Crippen molar-refractivity contribution in [2.24, 2.45) is 4.99 Å². The van der Waals surface area contributed by atoms with Gasteiger partial charge in [-0.05, 0) is 6.07 Å². The number of rotatable bonds is 0. The van der Waals surface area contributed by atoms with Gasteiger partial charge in [-0.1, -0.05) is 18.2 Å². The summed E-state index contributed by atoms with van der Waals surface area (Å²) in [6, 6.07) is 8.19. The topological polar surface area (TPSA) is 15.6 Å². The Morgan fingerprint density at radius 2 is 2.08 bits per heavy atom. The first-order chi connectivity index (χ1) is 5.88. The van der Waals surface area contributed by atoms with E-state index in [9.17, 15) is 0 Å². The molecule has 0 spiro atoms. The summed E-state index contributed by atoms with van der Waals surface area (Å²) in [7, 11) is 2.02. The first kappa shape index (κ1) is 7.10. The van der Waals surface area contributed by atoms with Gasteiger partial charge in [0.15, 0.2) is 0 Å². The molecule has 1 aliphatic heterocycles. The van der Waals surface area contributed by atoms with E-state index in [1.807, 2.05) is 31.6 Å². The van der Waals surface area contributed by atoms with Gasteiger partial charge in [-0.3, -0.25) is 4.99 Å². The second kappa shape index (κ2) is 2.81. The van der Waals surface area contributed by atoms with E-state index in [-0.39, 0.29) is 0 Å². The van der Waals surface area contributed by atoms with E-state index in [0.717, 1.165) is 5.56 Å². The lowest BCUT2D eigenvalue weighted by Crippen LogP contribution is -2.08. The number of aliphatic imine (C=N–C) groups is 1. The van der Waals surface area contributed by atoms with Crippen molar-refractivity contribution in [2.45, 2.75) is 0 Å². The summed E-state index contributed by atoms with van der Waals surface area (Å²) >= 11 is 0. The van der Waals surface area contributed by atoms with E-state index >= 15 is 0 Å². The molecule has 0 atom stereocenters. The number of hydrogen-bond donors (Lipinski definition) is 0. The summed E-state index contributed by atoms with van der Waals surface area (Å²) in [6.45, 7) is 0. The Bertz CT molecular complexity index is 339. The van der Waals surface area contributed by atoms with Crippen LogP contribution in [0.25, 0.3) is 0 Å². The standard InChI is InChI=1S/C10H10N2/c1-12-7-6-11-8-9-4-2-3-5-10(9)12/h2-8H,1H3. The molecule has 0 saturated carbocycles. The van der Waals surface area contributed by atoms with E-state index in [1.54, 1.807) is 6.20 Å². The maximum atomic E-state index is 4.12. The normalized spacial score (nSPS) is 14.2. The fourth-order valence-electron chi connectivity index (χ4n) is 1.26. The lowest BCUT2D eigenvalue weighted by atomic mass is 10.2. The summed E-state index contributed by atoms with van der Waals surface area (Å²) in [4.78, 5) is 6.17. The second-order valence-corrected chi connectivity index (χ2v) is 2.75. The first-order valence-electron chi connectivity index (χ1n) is 3.89. The van der Waals surface area contributed by atoms with Crippen LogP contribution in [-0.2, 0) is 0 Å². The third kappa shape index (κ3) is 1.11. The maximum Gasteiger partial charge on any atom is 0.0493 e. The molecule has 2 nitrogen and oxygen atoms in total. The largest absolute Gasteiger partial charge is 0.349 e. The first-order valence-corrected chi connectivity index (χ1v) is 3.89. The average molecular weight is 158 g/mol. The summed E-state index contributed by atoms with van der Waals surface area (Å²) < 4.78 is 0. The zero-order chi connectivity index (χ0) is 8.39. The SMILES string of the molecule is CN1C=CN=Cc2ccccc21. The van der Waals surface area contributed by atoms with Crippen molar-refractivity contribution in [3.63, 3.8) is 0 Å². The van der Waals surface area contributed by atoms with Crippen molar-refractivity contribution in [1.82, 2.24) is 0 Å². The predicted octanol–water partition coefficient (Wildman–Crippen LogP) is 2.03. The van der Waals surface area contributed by atoms with Gasteiger partial charge in [0, 0.05) is 36.9 Å². The Hall–Kier alpha value is -1.57. The van der Waals surface area contributed by atoms with Crippen molar-refractivity contribution >= 4 is 11.9 Å². The van der Waals surface area contributed by atoms with Crippen LogP contribution in [0.1, 0.15) is 5.56 Å². The Balaban J connectivity index is 2.56. The Labute approximate surface area is 71.9 Å². The number of anilines is 1. The van der Waals surface area contributed by atoms with Gasteiger partial charge < -0.3 is 4.90 Å². The molecule has 12 heavy (non-hydrogen) atoms. The van der Waals surface area contributed by atoms with E-state index in [1.165, 1.54) is 5.69 Å². The molecule has 0 aromatic heterocycles.